The highest BCUT2D eigenvalue weighted by atomic mass is 32.1. The van der Waals surface area contributed by atoms with Crippen molar-refractivity contribution in [2.24, 2.45) is 5.92 Å². The molecule has 63 heavy (non-hydrogen) atoms. The van der Waals surface area contributed by atoms with Gasteiger partial charge in [0.15, 0.2) is 0 Å². The number of pyridine rings is 1. The molecule has 8 rings (SSSR count). The van der Waals surface area contributed by atoms with Crippen LogP contribution >= 0.6 is 11.3 Å². The zero-order valence-corrected chi connectivity index (χ0v) is 35.4. The number of esters is 1. The summed E-state index contributed by atoms with van der Waals surface area (Å²) in [5.41, 5.74) is 2.83. The Bertz CT molecular complexity index is 2700. The van der Waals surface area contributed by atoms with Gasteiger partial charge in [0, 0.05) is 53.3 Å². The average molecular weight is 864 g/mol. The highest BCUT2D eigenvalue weighted by Gasteiger charge is 2.42. The largest absolute Gasteiger partial charge is 0.506 e. The number of rotatable bonds is 16. The molecule has 1 saturated heterocycles. The molecular weight excluding hydrogens is 815 g/mol. The summed E-state index contributed by atoms with van der Waals surface area (Å²) in [6.45, 7) is 3.94. The number of likely N-dealkylation sites (tertiary alicyclic amines) is 1. The number of nitrogens with one attached hydrogen (secondary N) is 3. The van der Waals surface area contributed by atoms with Crippen molar-refractivity contribution in [3.8, 4) is 16.3 Å². The van der Waals surface area contributed by atoms with Crippen LogP contribution in [0.15, 0.2) is 144 Å². The van der Waals surface area contributed by atoms with E-state index in [0.717, 1.165) is 53.5 Å². The molecule has 5 aromatic carbocycles. The van der Waals surface area contributed by atoms with Crippen molar-refractivity contribution in [3.63, 3.8) is 0 Å². The molecule has 1 aliphatic heterocycles. The number of aromatic hydroxyl groups is 1. The lowest BCUT2D eigenvalue weighted by atomic mass is 9.86. The van der Waals surface area contributed by atoms with Gasteiger partial charge in [-0.1, -0.05) is 103 Å². The lowest BCUT2D eigenvalue weighted by Gasteiger charge is -2.33. The number of ether oxygens (including phenoxy) is 1. The molecule has 6 N–H and O–H groups in total. The van der Waals surface area contributed by atoms with Crippen LogP contribution in [-0.2, 0) is 34.8 Å². The topological polar surface area (TPSA) is 177 Å². The monoisotopic (exact) mass is 863 g/mol. The van der Waals surface area contributed by atoms with Gasteiger partial charge in [-0.2, -0.15) is 0 Å². The van der Waals surface area contributed by atoms with E-state index in [9.17, 15) is 29.7 Å². The molecule has 13 heteroatoms. The summed E-state index contributed by atoms with van der Waals surface area (Å²) < 4.78 is 5.89. The smallest absolute Gasteiger partial charge is 0.347 e. The summed E-state index contributed by atoms with van der Waals surface area (Å²) >= 11 is 1.44. The summed E-state index contributed by atoms with van der Waals surface area (Å²) in [4.78, 5) is 49.1. The van der Waals surface area contributed by atoms with Gasteiger partial charge >= 0.3 is 5.97 Å². The lowest BCUT2D eigenvalue weighted by Crippen LogP contribution is -2.40. The minimum Gasteiger partial charge on any atom is -0.506 e. The van der Waals surface area contributed by atoms with Crippen LogP contribution in [0.25, 0.3) is 21.5 Å². The summed E-state index contributed by atoms with van der Waals surface area (Å²) in [7, 11) is 0. The number of aliphatic hydroxyl groups excluding tert-OH is 1. The Morgan fingerprint density at radius 1 is 0.841 bits per heavy atom. The summed E-state index contributed by atoms with van der Waals surface area (Å²) in [6, 6.07) is 39.6. The Balaban J connectivity index is 0.826. The van der Waals surface area contributed by atoms with E-state index in [1.165, 1.54) is 29.0 Å². The lowest BCUT2D eigenvalue weighted by molar-refractivity contribution is -0.164. The molecule has 2 aromatic heterocycles. The molecule has 1 aliphatic rings. The standard InChI is InChI=1S/C50H49N5O7S/c56-43-21-19-41(42-20-22-45(58)54-46(42)43)44(57)30-51-27-33-11-13-36(14-12-33)47(59)52-28-40-29-53-48(63-40)37-15-17-39(18-16-37)50(61,38-9-5-2-6-10-38)49(60)62-32-35-23-25-55(26-24-35)31-34-7-3-1-4-8-34/h1-22,29,35,44,51,56-57,61H,23-28,30-32H2,(H,52,59)(H,54,58)/t44-,50-/m0/s1. The van der Waals surface area contributed by atoms with E-state index in [2.05, 4.69) is 49.8 Å². The minimum absolute atomic E-state index is 0.0667. The molecule has 3 heterocycles. The maximum absolute atomic E-state index is 13.8. The molecule has 0 aliphatic carbocycles. The highest BCUT2D eigenvalue weighted by molar-refractivity contribution is 7.15. The number of aromatic amines is 1. The van der Waals surface area contributed by atoms with Gasteiger partial charge in [0.1, 0.15) is 10.8 Å². The van der Waals surface area contributed by atoms with Gasteiger partial charge < -0.3 is 35.7 Å². The number of aliphatic hydroxyl groups is 2. The Morgan fingerprint density at radius 2 is 1.54 bits per heavy atom. The SMILES string of the molecule is O=C(NCc1cnc(-c2ccc([C@](O)(C(=O)OCC3CCN(Cc4ccccc4)CC3)c3ccccc3)cc2)s1)c1ccc(CNC[C@H](O)c2ccc(O)c3[nH]c(=O)ccc23)cc1. The molecule has 322 valence electrons. The Labute approximate surface area is 368 Å². The van der Waals surface area contributed by atoms with Crippen LogP contribution in [0.4, 0.5) is 0 Å². The summed E-state index contributed by atoms with van der Waals surface area (Å²) in [5.74, 6) is -0.792. The van der Waals surface area contributed by atoms with Crippen LogP contribution in [0, 0.1) is 5.92 Å². The van der Waals surface area contributed by atoms with Crippen molar-refractivity contribution in [1.82, 2.24) is 25.5 Å². The quantitative estimate of drug-likeness (QED) is 0.0567. The predicted molar refractivity (Wildman–Crippen MR) is 243 cm³/mol. The third-order valence-electron chi connectivity index (χ3n) is 11.6. The second-order valence-electron chi connectivity index (χ2n) is 15.9. The molecule has 0 spiro atoms. The van der Waals surface area contributed by atoms with Gasteiger partial charge in [-0.15, -0.1) is 11.3 Å². The molecule has 1 fully saturated rings. The van der Waals surface area contributed by atoms with Crippen molar-refractivity contribution in [3.05, 3.63) is 188 Å². The minimum atomic E-state index is -2.00. The molecule has 7 aromatic rings. The molecule has 0 radical (unpaired) electrons. The van der Waals surface area contributed by atoms with Gasteiger partial charge in [0.2, 0.25) is 11.2 Å². The normalized spacial score (nSPS) is 14.8. The number of carbonyl (C=O) groups is 2. The number of hydrogen-bond acceptors (Lipinski definition) is 11. The Kier molecular flexibility index (Phi) is 13.5. The first kappa shape index (κ1) is 43.2. The van der Waals surface area contributed by atoms with Crippen molar-refractivity contribution >= 4 is 34.1 Å². The van der Waals surface area contributed by atoms with Crippen molar-refractivity contribution < 1.29 is 29.6 Å². The first-order valence-electron chi connectivity index (χ1n) is 21.0. The number of nitrogens with zero attached hydrogens (tertiary/aromatic N) is 2. The molecule has 2 atom stereocenters. The number of H-pyrrole nitrogens is 1. The number of phenolic OH excluding ortho intramolecular Hbond substituents is 1. The average Bonchev–Trinajstić information content (AvgIpc) is 3.80. The molecule has 0 bridgehead atoms. The van der Waals surface area contributed by atoms with E-state index in [-0.39, 0.29) is 48.3 Å². The van der Waals surface area contributed by atoms with E-state index in [0.29, 0.717) is 34.2 Å². The van der Waals surface area contributed by atoms with E-state index < -0.39 is 17.7 Å². The number of thiazole rings is 1. The molecule has 12 nitrogen and oxygen atoms in total. The van der Waals surface area contributed by atoms with E-state index in [1.54, 1.807) is 66.9 Å². The number of amides is 1. The molecule has 0 saturated carbocycles. The van der Waals surface area contributed by atoms with Gasteiger partial charge in [0.25, 0.3) is 5.91 Å². The van der Waals surface area contributed by atoms with Crippen LogP contribution in [0.2, 0.25) is 0 Å². The third kappa shape index (κ3) is 10.3. The number of hydrogen-bond donors (Lipinski definition) is 6. The first-order valence-corrected chi connectivity index (χ1v) is 21.8. The molecular formula is C50H49N5O7S. The maximum Gasteiger partial charge on any atom is 0.347 e. The van der Waals surface area contributed by atoms with Crippen LogP contribution in [-0.4, -0.2) is 68.3 Å². The van der Waals surface area contributed by atoms with Gasteiger partial charge in [-0.3, -0.25) is 14.5 Å². The maximum atomic E-state index is 13.8. The third-order valence-corrected chi connectivity index (χ3v) is 12.6. The number of benzene rings is 5. The molecule has 1 amide bonds. The van der Waals surface area contributed by atoms with Gasteiger partial charge in [-0.25, -0.2) is 9.78 Å². The zero-order valence-electron chi connectivity index (χ0n) is 34.6. The fourth-order valence-electron chi connectivity index (χ4n) is 7.97. The number of phenols is 1. The van der Waals surface area contributed by atoms with Crippen LogP contribution < -0.4 is 16.2 Å². The van der Waals surface area contributed by atoms with Gasteiger partial charge in [0.05, 0.1) is 24.8 Å². The summed E-state index contributed by atoms with van der Waals surface area (Å²) in [5, 5.41) is 40.6. The van der Waals surface area contributed by atoms with E-state index in [1.807, 2.05) is 36.4 Å². The zero-order chi connectivity index (χ0) is 43.8. The fraction of sp³-hybridized carbons (Fsp3) is 0.240. The second-order valence-corrected chi connectivity index (χ2v) is 17.0. The van der Waals surface area contributed by atoms with Crippen molar-refractivity contribution in [1.29, 1.82) is 0 Å². The summed E-state index contributed by atoms with van der Waals surface area (Å²) in [6.07, 6.45) is 2.66. The fourth-order valence-corrected chi connectivity index (χ4v) is 8.82. The number of piperidine rings is 1. The van der Waals surface area contributed by atoms with Crippen LogP contribution in [0.5, 0.6) is 5.75 Å². The number of fused-ring (bicyclic) bond motifs is 1. The second kappa shape index (κ2) is 19.7. The molecule has 0 unspecified atom stereocenters. The van der Waals surface area contributed by atoms with Crippen LogP contribution in [0.1, 0.15) is 62.0 Å². The van der Waals surface area contributed by atoms with E-state index in [4.69, 9.17) is 4.74 Å². The Hall–Kier alpha value is -6.48. The number of carbonyl (C=O) groups excluding carboxylic acids is 2. The first-order chi connectivity index (χ1) is 30.6. The Morgan fingerprint density at radius 3 is 2.27 bits per heavy atom. The van der Waals surface area contributed by atoms with Crippen molar-refractivity contribution in [2.75, 3.05) is 26.2 Å². The highest BCUT2D eigenvalue weighted by Crippen LogP contribution is 2.35. The predicted octanol–water partition coefficient (Wildman–Crippen LogP) is 6.80. The van der Waals surface area contributed by atoms with Gasteiger partial charge in [-0.05, 0) is 83.9 Å². The van der Waals surface area contributed by atoms with E-state index >= 15 is 0 Å². The van der Waals surface area contributed by atoms with Crippen molar-refractivity contribution in [2.45, 2.75) is 44.2 Å². The number of aromatic nitrogens is 2. The van der Waals surface area contributed by atoms with Crippen LogP contribution in [0.3, 0.4) is 0 Å².